The summed E-state index contributed by atoms with van der Waals surface area (Å²) in [6.07, 6.45) is 3.12. The van der Waals surface area contributed by atoms with E-state index in [1.807, 2.05) is 29.2 Å². The van der Waals surface area contributed by atoms with Crippen molar-refractivity contribution in [3.63, 3.8) is 0 Å². The maximum Gasteiger partial charge on any atom is 0.265 e. The van der Waals surface area contributed by atoms with E-state index in [0.717, 1.165) is 24.9 Å². The summed E-state index contributed by atoms with van der Waals surface area (Å²) in [4.78, 5) is 28.2. The summed E-state index contributed by atoms with van der Waals surface area (Å²) in [6.45, 7) is 3.15. The molecule has 7 nitrogen and oxygen atoms in total. The van der Waals surface area contributed by atoms with E-state index in [0.29, 0.717) is 45.0 Å². The number of ether oxygens (including phenoxy) is 2. The van der Waals surface area contributed by atoms with E-state index in [4.69, 9.17) is 15.2 Å². The molecule has 1 aromatic rings. The molecule has 0 aliphatic carbocycles. The molecule has 142 valence electrons. The highest BCUT2D eigenvalue weighted by Crippen LogP contribution is 2.31. The molecular formula is C19H27N3O4. The Balaban J connectivity index is 1.47. The molecule has 0 saturated carbocycles. The zero-order valence-electron chi connectivity index (χ0n) is 15.1. The first-order chi connectivity index (χ1) is 12.7. The summed E-state index contributed by atoms with van der Waals surface area (Å²) in [5, 5.41) is 0. The second kappa shape index (κ2) is 9.00. The second-order valence-electron chi connectivity index (χ2n) is 6.64. The van der Waals surface area contributed by atoms with E-state index in [-0.39, 0.29) is 24.5 Å². The summed E-state index contributed by atoms with van der Waals surface area (Å²) in [5.74, 6) is 0.667. The van der Waals surface area contributed by atoms with Crippen molar-refractivity contribution in [1.82, 2.24) is 4.90 Å². The van der Waals surface area contributed by atoms with Gasteiger partial charge < -0.3 is 25.0 Å². The number of amides is 2. The van der Waals surface area contributed by atoms with Crippen LogP contribution in [0, 0.1) is 0 Å². The topological polar surface area (TPSA) is 85.1 Å². The number of piperidine rings is 1. The maximum atomic E-state index is 12.5. The fourth-order valence-corrected chi connectivity index (χ4v) is 3.37. The first-order valence-electron chi connectivity index (χ1n) is 9.30. The molecule has 2 heterocycles. The molecule has 1 saturated heterocycles. The second-order valence-corrected chi connectivity index (χ2v) is 6.64. The fourth-order valence-electron chi connectivity index (χ4n) is 3.37. The lowest BCUT2D eigenvalue weighted by molar-refractivity contribution is -0.133. The minimum atomic E-state index is -0.108. The lowest BCUT2D eigenvalue weighted by atomic mass is 10.1. The number of hydrogen-bond acceptors (Lipinski definition) is 5. The molecular weight excluding hydrogens is 334 g/mol. The number of nitrogens with two attached hydrogens (primary N) is 1. The summed E-state index contributed by atoms with van der Waals surface area (Å²) in [5.41, 5.74) is 6.21. The van der Waals surface area contributed by atoms with Gasteiger partial charge in [0, 0.05) is 32.7 Å². The third kappa shape index (κ3) is 4.53. The molecule has 0 aromatic heterocycles. The summed E-state index contributed by atoms with van der Waals surface area (Å²) in [6, 6.07) is 7.43. The highest BCUT2D eigenvalue weighted by atomic mass is 16.5. The summed E-state index contributed by atoms with van der Waals surface area (Å²) >= 11 is 0. The number of rotatable bonds is 7. The number of hydrogen-bond donors (Lipinski definition) is 1. The van der Waals surface area contributed by atoms with Gasteiger partial charge in [0.25, 0.3) is 5.91 Å². The highest BCUT2D eigenvalue weighted by Gasteiger charge is 2.27. The number of likely N-dealkylation sites (tertiary alicyclic amines) is 1. The van der Waals surface area contributed by atoms with Gasteiger partial charge in [-0.05, 0) is 37.9 Å². The predicted molar refractivity (Wildman–Crippen MR) is 98.1 cm³/mol. The average Bonchev–Trinajstić information content (AvgIpc) is 2.68. The van der Waals surface area contributed by atoms with Crippen molar-refractivity contribution in [3.8, 4) is 5.75 Å². The lowest BCUT2D eigenvalue weighted by Gasteiger charge is -2.33. The van der Waals surface area contributed by atoms with E-state index < -0.39 is 0 Å². The van der Waals surface area contributed by atoms with E-state index in [2.05, 4.69) is 0 Å². The number of carbonyl (C=O) groups is 2. The Bertz CT molecular complexity index is 629. The molecule has 3 rings (SSSR count). The molecule has 26 heavy (non-hydrogen) atoms. The van der Waals surface area contributed by atoms with Crippen LogP contribution in [0.3, 0.4) is 0 Å². The monoisotopic (exact) mass is 361 g/mol. The van der Waals surface area contributed by atoms with Crippen molar-refractivity contribution in [3.05, 3.63) is 24.3 Å². The number of fused-ring (bicyclic) bond motifs is 1. The zero-order valence-corrected chi connectivity index (χ0v) is 15.1. The van der Waals surface area contributed by atoms with Gasteiger partial charge in [-0.15, -0.1) is 0 Å². The van der Waals surface area contributed by atoms with Gasteiger partial charge in [0.15, 0.2) is 6.61 Å². The molecule has 0 radical (unpaired) electrons. The van der Waals surface area contributed by atoms with Crippen LogP contribution >= 0.6 is 0 Å². The number of anilines is 1. The molecule has 0 bridgehead atoms. The van der Waals surface area contributed by atoms with Crippen LogP contribution in [0.5, 0.6) is 5.75 Å². The van der Waals surface area contributed by atoms with Gasteiger partial charge in [-0.3, -0.25) is 9.59 Å². The maximum absolute atomic E-state index is 12.5. The molecule has 2 N–H and O–H groups in total. The Labute approximate surface area is 154 Å². The summed E-state index contributed by atoms with van der Waals surface area (Å²) in [7, 11) is 0. The van der Waals surface area contributed by atoms with Gasteiger partial charge >= 0.3 is 0 Å². The normalized spacial score (nSPS) is 17.8. The van der Waals surface area contributed by atoms with Crippen LogP contribution in [0.4, 0.5) is 5.69 Å². The van der Waals surface area contributed by atoms with Crippen molar-refractivity contribution in [2.24, 2.45) is 5.73 Å². The van der Waals surface area contributed by atoms with E-state index in [1.54, 1.807) is 4.90 Å². The van der Waals surface area contributed by atoms with Crippen molar-refractivity contribution >= 4 is 17.5 Å². The molecule has 7 heteroatoms. The Morgan fingerprint density at radius 3 is 2.81 bits per heavy atom. The number of nitrogens with zero attached hydrogens (tertiary/aromatic N) is 2. The number of para-hydroxylation sites is 2. The van der Waals surface area contributed by atoms with Crippen LogP contribution in [0.2, 0.25) is 0 Å². The van der Waals surface area contributed by atoms with Crippen LogP contribution in [0.25, 0.3) is 0 Å². The van der Waals surface area contributed by atoms with Crippen LogP contribution in [0.1, 0.15) is 25.7 Å². The van der Waals surface area contributed by atoms with Crippen LogP contribution in [-0.2, 0) is 14.3 Å². The van der Waals surface area contributed by atoms with Crippen LogP contribution in [0.15, 0.2) is 24.3 Å². The van der Waals surface area contributed by atoms with E-state index in [9.17, 15) is 9.59 Å². The quantitative estimate of drug-likeness (QED) is 0.737. The van der Waals surface area contributed by atoms with Gasteiger partial charge in [-0.2, -0.15) is 0 Å². The van der Waals surface area contributed by atoms with E-state index >= 15 is 0 Å². The van der Waals surface area contributed by atoms with Crippen LogP contribution in [-0.4, -0.2) is 62.2 Å². The molecule has 1 aromatic carbocycles. The van der Waals surface area contributed by atoms with Crippen LogP contribution < -0.4 is 15.4 Å². The molecule has 2 aliphatic rings. The first-order valence-corrected chi connectivity index (χ1v) is 9.30. The molecule has 0 spiro atoms. The minimum absolute atomic E-state index is 0.0245. The van der Waals surface area contributed by atoms with E-state index in [1.165, 1.54) is 0 Å². The van der Waals surface area contributed by atoms with Gasteiger partial charge in [0.1, 0.15) is 5.75 Å². The third-order valence-electron chi connectivity index (χ3n) is 4.85. The van der Waals surface area contributed by atoms with Gasteiger partial charge in [-0.25, -0.2) is 0 Å². The lowest BCUT2D eigenvalue weighted by Crippen LogP contribution is -2.44. The average molecular weight is 361 g/mol. The Kier molecular flexibility index (Phi) is 6.46. The molecule has 1 fully saturated rings. The van der Waals surface area contributed by atoms with Gasteiger partial charge in [0.05, 0.1) is 11.8 Å². The molecule has 0 unspecified atom stereocenters. The van der Waals surface area contributed by atoms with Crippen molar-refractivity contribution in [2.45, 2.75) is 31.8 Å². The molecule has 2 aliphatic heterocycles. The van der Waals surface area contributed by atoms with Crippen molar-refractivity contribution in [2.75, 3.05) is 44.3 Å². The molecule has 2 amide bonds. The fraction of sp³-hybridized carbons (Fsp3) is 0.579. The SMILES string of the molecule is NCCCOC1CCN(C(=O)CCN2C(=O)COc3ccccc32)CC1. The third-order valence-corrected chi connectivity index (χ3v) is 4.85. The zero-order chi connectivity index (χ0) is 18.4. The number of carbonyl (C=O) groups excluding carboxylic acids is 2. The Morgan fingerprint density at radius 1 is 1.27 bits per heavy atom. The van der Waals surface area contributed by atoms with Gasteiger partial charge in [0.2, 0.25) is 5.91 Å². The highest BCUT2D eigenvalue weighted by molar-refractivity contribution is 5.98. The van der Waals surface area contributed by atoms with Crippen molar-refractivity contribution < 1.29 is 19.1 Å². The Hall–Kier alpha value is -2.12. The predicted octanol–water partition coefficient (Wildman–Crippen LogP) is 1.16. The van der Waals surface area contributed by atoms with Gasteiger partial charge in [-0.1, -0.05) is 12.1 Å². The minimum Gasteiger partial charge on any atom is -0.482 e. The standard InChI is InChI=1S/C19H27N3O4/c20-9-3-13-25-15-6-10-21(11-7-15)18(23)8-12-22-16-4-1-2-5-17(16)26-14-19(22)24/h1-2,4-5,15H,3,6-14,20H2. The molecule has 0 atom stereocenters. The van der Waals surface area contributed by atoms with Crippen molar-refractivity contribution in [1.29, 1.82) is 0 Å². The Morgan fingerprint density at radius 2 is 2.04 bits per heavy atom. The smallest absolute Gasteiger partial charge is 0.265 e. The number of benzene rings is 1. The first kappa shape index (κ1) is 18.7. The largest absolute Gasteiger partial charge is 0.482 e. The summed E-state index contributed by atoms with van der Waals surface area (Å²) < 4.78 is 11.2.